The highest BCUT2D eigenvalue weighted by molar-refractivity contribution is 5.34. The van der Waals surface area contributed by atoms with E-state index in [1.807, 2.05) is 6.92 Å². The van der Waals surface area contributed by atoms with Crippen molar-refractivity contribution in [2.75, 3.05) is 11.9 Å². The smallest absolute Gasteiger partial charge is 0.252 e. The monoisotopic (exact) mass is 222 g/mol. The predicted octanol–water partition coefficient (Wildman–Crippen LogP) is 0.626. The van der Waals surface area contributed by atoms with Crippen LogP contribution in [0.15, 0.2) is 10.9 Å². The number of nitrogens with zero attached hydrogens (tertiary/aromatic N) is 1. The second kappa shape index (κ2) is 4.25. The molecule has 1 aliphatic rings. The van der Waals surface area contributed by atoms with Crippen LogP contribution in [-0.4, -0.2) is 22.1 Å². The largest absolute Gasteiger partial charge is 0.368 e. The molecule has 2 rings (SSSR count). The van der Waals surface area contributed by atoms with Gasteiger partial charge in [0.15, 0.2) is 0 Å². The minimum atomic E-state index is -0.117. The molecule has 1 aromatic rings. The number of H-pyrrole nitrogens is 1. The Kier molecular flexibility index (Phi) is 2.96. The van der Waals surface area contributed by atoms with E-state index in [2.05, 4.69) is 15.3 Å². The Labute approximate surface area is 94.5 Å². The van der Waals surface area contributed by atoms with Gasteiger partial charge in [0.25, 0.3) is 5.56 Å². The third-order valence-corrected chi connectivity index (χ3v) is 3.10. The summed E-state index contributed by atoms with van der Waals surface area (Å²) < 4.78 is 0. The van der Waals surface area contributed by atoms with Crippen molar-refractivity contribution in [2.45, 2.75) is 38.1 Å². The van der Waals surface area contributed by atoms with Crippen LogP contribution in [0, 0.1) is 0 Å². The van der Waals surface area contributed by atoms with Gasteiger partial charge in [-0.15, -0.1) is 0 Å². The number of hydrogen-bond donors (Lipinski definition) is 3. The lowest BCUT2D eigenvalue weighted by Gasteiger charge is -2.38. The molecular formula is C11H18N4O. The van der Waals surface area contributed by atoms with Gasteiger partial charge in [-0.1, -0.05) is 6.92 Å². The van der Waals surface area contributed by atoms with E-state index in [1.165, 1.54) is 12.5 Å². The summed E-state index contributed by atoms with van der Waals surface area (Å²) in [5, 5.41) is 3.15. The molecule has 0 radical (unpaired) electrons. The second-order valence-electron chi connectivity index (χ2n) is 4.50. The fourth-order valence-electron chi connectivity index (χ4n) is 1.84. The number of aromatic nitrogens is 2. The standard InChI is InChI=1S/C11H18N4O/c1-2-8-14-9(6-10(16)15-8)13-7-11(12)4-3-5-11/h6H,2-5,7,12H2,1H3,(H2,13,14,15,16). The van der Waals surface area contributed by atoms with E-state index in [-0.39, 0.29) is 11.1 Å². The topological polar surface area (TPSA) is 83.8 Å². The predicted molar refractivity (Wildman–Crippen MR) is 63.5 cm³/mol. The fourth-order valence-corrected chi connectivity index (χ4v) is 1.84. The van der Waals surface area contributed by atoms with Crippen LogP contribution in [-0.2, 0) is 6.42 Å². The maximum atomic E-state index is 11.3. The number of aryl methyl sites for hydroxylation is 1. The molecular weight excluding hydrogens is 204 g/mol. The van der Waals surface area contributed by atoms with Gasteiger partial charge in [0.1, 0.15) is 11.6 Å². The molecule has 0 amide bonds. The lowest BCUT2D eigenvalue weighted by molar-refractivity contribution is 0.265. The average Bonchev–Trinajstić information content (AvgIpc) is 2.23. The SMILES string of the molecule is CCc1nc(NCC2(N)CCC2)cc(=O)[nH]1. The van der Waals surface area contributed by atoms with Crippen LogP contribution in [0.2, 0.25) is 0 Å². The third-order valence-electron chi connectivity index (χ3n) is 3.10. The van der Waals surface area contributed by atoms with Gasteiger partial charge in [0.05, 0.1) is 0 Å². The Morgan fingerprint density at radius 1 is 1.62 bits per heavy atom. The van der Waals surface area contributed by atoms with Crippen LogP contribution in [0.25, 0.3) is 0 Å². The summed E-state index contributed by atoms with van der Waals surface area (Å²) in [6, 6.07) is 1.47. The van der Waals surface area contributed by atoms with Crippen LogP contribution >= 0.6 is 0 Å². The van der Waals surface area contributed by atoms with Crippen LogP contribution in [0.4, 0.5) is 5.82 Å². The molecule has 88 valence electrons. The zero-order valence-corrected chi connectivity index (χ0v) is 9.55. The number of anilines is 1. The Bertz CT molecular complexity index is 422. The molecule has 5 heteroatoms. The molecule has 5 nitrogen and oxygen atoms in total. The van der Waals surface area contributed by atoms with Gasteiger partial charge in [-0.3, -0.25) is 4.79 Å². The summed E-state index contributed by atoms with van der Waals surface area (Å²) in [4.78, 5) is 18.3. The lowest BCUT2D eigenvalue weighted by Crippen LogP contribution is -2.52. The van der Waals surface area contributed by atoms with E-state index in [0.717, 1.165) is 19.3 Å². The molecule has 0 saturated heterocycles. The summed E-state index contributed by atoms with van der Waals surface area (Å²) in [5.41, 5.74) is 5.87. The summed E-state index contributed by atoms with van der Waals surface area (Å²) in [5.74, 6) is 1.33. The first kappa shape index (κ1) is 11.1. The van der Waals surface area contributed by atoms with E-state index < -0.39 is 0 Å². The second-order valence-corrected chi connectivity index (χ2v) is 4.50. The maximum Gasteiger partial charge on any atom is 0.252 e. The highest BCUT2D eigenvalue weighted by Gasteiger charge is 2.32. The molecule has 1 heterocycles. The first-order valence-electron chi connectivity index (χ1n) is 5.74. The quantitative estimate of drug-likeness (QED) is 0.697. The Balaban J connectivity index is 2.03. The van der Waals surface area contributed by atoms with Crippen LogP contribution in [0.1, 0.15) is 32.0 Å². The highest BCUT2D eigenvalue weighted by atomic mass is 16.1. The van der Waals surface area contributed by atoms with Crippen molar-refractivity contribution in [1.29, 1.82) is 0 Å². The summed E-state index contributed by atoms with van der Waals surface area (Å²) in [7, 11) is 0. The lowest BCUT2D eigenvalue weighted by atomic mass is 9.78. The molecule has 1 aromatic heterocycles. The molecule has 16 heavy (non-hydrogen) atoms. The molecule has 4 N–H and O–H groups in total. The van der Waals surface area contributed by atoms with Gasteiger partial charge >= 0.3 is 0 Å². The molecule has 0 aliphatic heterocycles. The van der Waals surface area contributed by atoms with E-state index in [1.54, 1.807) is 0 Å². The molecule has 0 spiro atoms. The van der Waals surface area contributed by atoms with Gasteiger partial charge in [0, 0.05) is 24.6 Å². The van der Waals surface area contributed by atoms with Crippen LogP contribution in [0.5, 0.6) is 0 Å². The van der Waals surface area contributed by atoms with E-state index in [0.29, 0.717) is 18.2 Å². The van der Waals surface area contributed by atoms with Gasteiger partial charge in [-0.2, -0.15) is 0 Å². The maximum absolute atomic E-state index is 11.3. The van der Waals surface area contributed by atoms with E-state index >= 15 is 0 Å². The number of rotatable bonds is 4. The molecule has 0 bridgehead atoms. The van der Waals surface area contributed by atoms with Gasteiger partial charge in [0.2, 0.25) is 0 Å². The number of aromatic amines is 1. The fraction of sp³-hybridized carbons (Fsp3) is 0.636. The Morgan fingerprint density at radius 2 is 2.38 bits per heavy atom. The minimum absolute atomic E-state index is 0.101. The van der Waals surface area contributed by atoms with Crippen molar-refractivity contribution in [3.63, 3.8) is 0 Å². The molecule has 0 unspecified atom stereocenters. The normalized spacial score (nSPS) is 17.9. The summed E-state index contributed by atoms with van der Waals surface area (Å²) in [6.07, 6.45) is 4.01. The molecule has 0 aromatic carbocycles. The summed E-state index contributed by atoms with van der Waals surface area (Å²) in [6.45, 7) is 2.64. The van der Waals surface area contributed by atoms with Crippen molar-refractivity contribution in [3.05, 3.63) is 22.2 Å². The van der Waals surface area contributed by atoms with Gasteiger partial charge in [-0.25, -0.2) is 4.98 Å². The first-order valence-corrected chi connectivity index (χ1v) is 5.74. The molecule has 1 fully saturated rings. The van der Waals surface area contributed by atoms with Crippen molar-refractivity contribution < 1.29 is 0 Å². The van der Waals surface area contributed by atoms with E-state index in [9.17, 15) is 4.79 Å². The molecule has 1 aliphatic carbocycles. The highest BCUT2D eigenvalue weighted by Crippen LogP contribution is 2.28. The third kappa shape index (κ3) is 2.41. The van der Waals surface area contributed by atoms with Gasteiger partial charge in [-0.05, 0) is 19.3 Å². The van der Waals surface area contributed by atoms with Crippen molar-refractivity contribution in [2.24, 2.45) is 5.73 Å². The van der Waals surface area contributed by atoms with Gasteiger partial charge < -0.3 is 16.0 Å². The average molecular weight is 222 g/mol. The molecule has 1 saturated carbocycles. The van der Waals surface area contributed by atoms with Crippen LogP contribution < -0.4 is 16.6 Å². The van der Waals surface area contributed by atoms with Crippen molar-refractivity contribution in [1.82, 2.24) is 9.97 Å². The van der Waals surface area contributed by atoms with Crippen molar-refractivity contribution in [3.8, 4) is 0 Å². The zero-order chi connectivity index (χ0) is 11.6. The van der Waals surface area contributed by atoms with E-state index in [4.69, 9.17) is 5.73 Å². The Morgan fingerprint density at radius 3 is 2.94 bits per heavy atom. The minimum Gasteiger partial charge on any atom is -0.368 e. The summed E-state index contributed by atoms with van der Waals surface area (Å²) >= 11 is 0. The number of nitrogens with two attached hydrogens (primary N) is 1. The Hall–Kier alpha value is -1.36. The zero-order valence-electron chi connectivity index (χ0n) is 9.55. The molecule has 0 atom stereocenters. The number of hydrogen-bond acceptors (Lipinski definition) is 4. The van der Waals surface area contributed by atoms with Crippen LogP contribution in [0.3, 0.4) is 0 Å². The van der Waals surface area contributed by atoms with Crippen molar-refractivity contribution >= 4 is 5.82 Å². The number of nitrogens with one attached hydrogen (secondary N) is 2. The first-order chi connectivity index (χ1) is 7.61.